The van der Waals surface area contributed by atoms with Gasteiger partial charge in [-0.05, 0) is 47.9 Å². The minimum atomic E-state index is 0.492. The van der Waals surface area contributed by atoms with E-state index in [2.05, 4.69) is 42.5 Å². The van der Waals surface area contributed by atoms with Gasteiger partial charge < -0.3 is 5.11 Å². The van der Waals surface area contributed by atoms with Crippen molar-refractivity contribution in [2.45, 2.75) is 63.7 Å². The van der Waals surface area contributed by atoms with Crippen molar-refractivity contribution in [2.24, 2.45) is 0 Å². The molecule has 0 heterocycles. The highest BCUT2D eigenvalue weighted by Gasteiger charge is 2.17. The molecule has 0 aromatic heterocycles. The zero-order chi connectivity index (χ0) is 15.9. The Kier molecular flexibility index (Phi) is 5.74. The third-order valence-electron chi connectivity index (χ3n) is 5.14. The predicted octanol–water partition coefficient (Wildman–Crippen LogP) is 6.20. The minimum Gasteiger partial charge on any atom is -0.508 e. The van der Waals surface area contributed by atoms with E-state index >= 15 is 0 Å². The Balaban J connectivity index is 1.78. The van der Waals surface area contributed by atoms with E-state index in [1.54, 1.807) is 0 Å². The number of phenols is 1. The standard InChI is InChI=1S/C22H28O/c23-22-15-14-19(16-18-10-6-5-7-11-18)17-21(22)20-12-8-3-1-2-4-9-13-20/h5-7,10-11,14-15,17,20,23H,1-4,8-9,12-13,16H2. The van der Waals surface area contributed by atoms with Crippen LogP contribution in [0.1, 0.15) is 74.0 Å². The molecule has 2 aromatic rings. The van der Waals surface area contributed by atoms with Crippen LogP contribution in [0.3, 0.4) is 0 Å². The topological polar surface area (TPSA) is 20.2 Å². The highest BCUT2D eigenvalue weighted by molar-refractivity contribution is 5.40. The largest absolute Gasteiger partial charge is 0.508 e. The van der Waals surface area contributed by atoms with E-state index < -0.39 is 0 Å². The quantitative estimate of drug-likeness (QED) is 0.715. The summed E-state index contributed by atoms with van der Waals surface area (Å²) in [4.78, 5) is 0. The Hall–Kier alpha value is -1.76. The fraction of sp³-hybridized carbons (Fsp3) is 0.455. The summed E-state index contributed by atoms with van der Waals surface area (Å²) in [5.41, 5.74) is 3.82. The van der Waals surface area contributed by atoms with Gasteiger partial charge in [0.2, 0.25) is 0 Å². The molecule has 122 valence electrons. The summed E-state index contributed by atoms with van der Waals surface area (Å²) < 4.78 is 0. The lowest BCUT2D eigenvalue weighted by molar-refractivity contribution is 0.447. The number of aromatic hydroxyl groups is 1. The molecule has 0 saturated heterocycles. The predicted molar refractivity (Wildman–Crippen MR) is 97.0 cm³/mol. The molecule has 1 aliphatic carbocycles. The van der Waals surface area contributed by atoms with Gasteiger partial charge in [0.15, 0.2) is 0 Å². The van der Waals surface area contributed by atoms with Crippen LogP contribution >= 0.6 is 0 Å². The highest BCUT2D eigenvalue weighted by Crippen LogP contribution is 2.36. The van der Waals surface area contributed by atoms with E-state index in [1.807, 2.05) is 6.07 Å². The molecule has 1 saturated carbocycles. The molecule has 0 spiro atoms. The van der Waals surface area contributed by atoms with E-state index in [1.165, 1.54) is 68.1 Å². The first-order valence-electron chi connectivity index (χ1n) is 9.18. The number of rotatable bonds is 3. The fourth-order valence-corrected chi connectivity index (χ4v) is 3.82. The smallest absolute Gasteiger partial charge is 0.119 e. The maximum Gasteiger partial charge on any atom is 0.119 e. The Bertz CT molecular complexity index is 593. The van der Waals surface area contributed by atoms with Crippen LogP contribution in [0.15, 0.2) is 48.5 Å². The van der Waals surface area contributed by atoms with Crippen molar-refractivity contribution < 1.29 is 5.11 Å². The van der Waals surface area contributed by atoms with Gasteiger partial charge in [-0.15, -0.1) is 0 Å². The Morgan fingerprint density at radius 2 is 1.39 bits per heavy atom. The molecule has 1 aliphatic rings. The van der Waals surface area contributed by atoms with Crippen molar-refractivity contribution in [3.05, 3.63) is 65.2 Å². The van der Waals surface area contributed by atoms with Crippen LogP contribution in [0.2, 0.25) is 0 Å². The number of phenolic OH excluding ortho intramolecular Hbond substituents is 1. The van der Waals surface area contributed by atoms with Crippen molar-refractivity contribution in [3.8, 4) is 5.75 Å². The molecule has 2 aromatic carbocycles. The second-order valence-electron chi connectivity index (χ2n) is 6.95. The molecule has 0 unspecified atom stereocenters. The summed E-state index contributed by atoms with van der Waals surface area (Å²) in [7, 11) is 0. The first-order chi connectivity index (χ1) is 11.3. The summed E-state index contributed by atoms with van der Waals surface area (Å²) in [5.74, 6) is 1.02. The molecule has 0 amide bonds. The lowest BCUT2D eigenvalue weighted by Crippen LogP contribution is -2.01. The van der Waals surface area contributed by atoms with Crippen LogP contribution in [0.5, 0.6) is 5.75 Å². The number of hydrogen-bond donors (Lipinski definition) is 1. The van der Waals surface area contributed by atoms with E-state index in [4.69, 9.17) is 0 Å². The van der Waals surface area contributed by atoms with E-state index in [0.29, 0.717) is 11.7 Å². The second kappa shape index (κ2) is 8.19. The van der Waals surface area contributed by atoms with Gasteiger partial charge in [0, 0.05) is 0 Å². The SMILES string of the molecule is Oc1ccc(Cc2ccccc2)cc1C1CCCCCCCC1. The average molecular weight is 308 g/mol. The molecule has 1 N–H and O–H groups in total. The lowest BCUT2D eigenvalue weighted by Gasteiger charge is -2.19. The first kappa shape index (κ1) is 16.1. The third-order valence-corrected chi connectivity index (χ3v) is 5.14. The molecule has 0 atom stereocenters. The van der Waals surface area contributed by atoms with Crippen LogP contribution in [-0.4, -0.2) is 5.11 Å². The van der Waals surface area contributed by atoms with Crippen LogP contribution in [-0.2, 0) is 6.42 Å². The van der Waals surface area contributed by atoms with E-state index in [0.717, 1.165) is 6.42 Å². The zero-order valence-corrected chi connectivity index (χ0v) is 14.0. The third kappa shape index (κ3) is 4.60. The van der Waals surface area contributed by atoms with Gasteiger partial charge in [0.1, 0.15) is 5.75 Å². The van der Waals surface area contributed by atoms with Crippen LogP contribution in [0, 0.1) is 0 Å². The molecule has 1 nitrogen and oxygen atoms in total. The first-order valence-corrected chi connectivity index (χ1v) is 9.18. The molecule has 1 heteroatoms. The summed E-state index contributed by atoms with van der Waals surface area (Å²) in [6, 6.07) is 16.8. The van der Waals surface area contributed by atoms with Crippen molar-refractivity contribution in [3.63, 3.8) is 0 Å². The second-order valence-corrected chi connectivity index (χ2v) is 6.95. The molecule has 0 bridgehead atoms. The van der Waals surface area contributed by atoms with E-state index in [9.17, 15) is 5.11 Å². The van der Waals surface area contributed by atoms with Gasteiger partial charge in [-0.3, -0.25) is 0 Å². The zero-order valence-electron chi connectivity index (χ0n) is 14.0. The van der Waals surface area contributed by atoms with Gasteiger partial charge >= 0.3 is 0 Å². The Morgan fingerprint density at radius 3 is 2.09 bits per heavy atom. The Morgan fingerprint density at radius 1 is 0.739 bits per heavy atom. The summed E-state index contributed by atoms with van der Waals surface area (Å²) in [6.07, 6.45) is 11.5. The number of hydrogen-bond acceptors (Lipinski definition) is 1. The van der Waals surface area contributed by atoms with Crippen LogP contribution < -0.4 is 0 Å². The van der Waals surface area contributed by atoms with Gasteiger partial charge in [0.05, 0.1) is 0 Å². The van der Waals surface area contributed by atoms with Crippen molar-refractivity contribution in [1.29, 1.82) is 0 Å². The van der Waals surface area contributed by atoms with Crippen LogP contribution in [0.4, 0.5) is 0 Å². The van der Waals surface area contributed by atoms with Gasteiger partial charge in [-0.25, -0.2) is 0 Å². The fourth-order valence-electron chi connectivity index (χ4n) is 3.82. The van der Waals surface area contributed by atoms with Gasteiger partial charge in [0.25, 0.3) is 0 Å². The maximum atomic E-state index is 10.4. The molecule has 0 radical (unpaired) electrons. The monoisotopic (exact) mass is 308 g/mol. The minimum absolute atomic E-state index is 0.492. The Labute approximate surface area is 140 Å². The average Bonchev–Trinajstić information content (AvgIpc) is 2.71. The van der Waals surface area contributed by atoms with Crippen molar-refractivity contribution in [1.82, 2.24) is 0 Å². The lowest BCUT2D eigenvalue weighted by atomic mass is 9.87. The van der Waals surface area contributed by atoms with Crippen molar-refractivity contribution in [2.75, 3.05) is 0 Å². The molecule has 1 fully saturated rings. The molecular weight excluding hydrogens is 280 g/mol. The molecule has 23 heavy (non-hydrogen) atoms. The molecular formula is C22H28O. The van der Waals surface area contributed by atoms with E-state index in [-0.39, 0.29) is 0 Å². The summed E-state index contributed by atoms with van der Waals surface area (Å²) in [5, 5.41) is 10.4. The number of benzene rings is 2. The highest BCUT2D eigenvalue weighted by atomic mass is 16.3. The van der Waals surface area contributed by atoms with Crippen LogP contribution in [0.25, 0.3) is 0 Å². The normalized spacial score (nSPS) is 17.2. The van der Waals surface area contributed by atoms with Gasteiger partial charge in [-0.2, -0.15) is 0 Å². The molecule has 3 rings (SSSR count). The van der Waals surface area contributed by atoms with Crippen molar-refractivity contribution >= 4 is 0 Å². The molecule has 0 aliphatic heterocycles. The van der Waals surface area contributed by atoms with Gasteiger partial charge in [-0.1, -0.05) is 81.0 Å². The summed E-state index contributed by atoms with van der Waals surface area (Å²) in [6.45, 7) is 0. The maximum absolute atomic E-state index is 10.4. The summed E-state index contributed by atoms with van der Waals surface area (Å²) >= 11 is 0.